The predicted molar refractivity (Wildman–Crippen MR) is 104 cm³/mol. The van der Waals surface area contributed by atoms with Crippen molar-refractivity contribution in [3.8, 4) is 0 Å². The highest BCUT2D eigenvalue weighted by Crippen LogP contribution is 2.35. The van der Waals surface area contributed by atoms with Gasteiger partial charge in [-0.2, -0.15) is 0 Å². The Morgan fingerprint density at radius 3 is 2.54 bits per heavy atom. The van der Waals surface area contributed by atoms with Gasteiger partial charge >= 0.3 is 12.1 Å². The highest BCUT2D eigenvalue weighted by molar-refractivity contribution is 5.99. The summed E-state index contributed by atoms with van der Waals surface area (Å²) < 4.78 is 10.4. The van der Waals surface area contributed by atoms with Gasteiger partial charge in [-0.1, -0.05) is 18.2 Å². The lowest BCUT2D eigenvalue weighted by molar-refractivity contribution is -0.149. The number of imidazole rings is 1. The summed E-state index contributed by atoms with van der Waals surface area (Å²) in [5.74, 6) is -0.425. The number of ether oxygens (including phenoxy) is 2. The normalized spacial score (nSPS) is 16.4. The molecule has 0 bridgehead atoms. The summed E-state index contributed by atoms with van der Waals surface area (Å²) in [5, 5.41) is 0. The van der Waals surface area contributed by atoms with Crippen LogP contribution in [0.4, 0.5) is 10.5 Å². The number of carbonyl (C=O) groups excluding carboxylic acids is 2. The highest BCUT2D eigenvalue weighted by Gasteiger charge is 2.51. The molecule has 2 aromatic rings. The third kappa shape index (κ3) is 4.01. The number of aromatic amines is 1. The van der Waals surface area contributed by atoms with E-state index < -0.39 is 17.6 Å². The number of likely N-dealkylation sites (tertiary alicyclic amines) is 1. The average molecular weight is 386 g/mol. The van der Waals surface area contributed by atoms with E-state index in [1.54, 1.807) is 31.6 Å². The van der Waals surface area contributed by atoms with Crippen LogP contribution in [-0.2, 0) is 20.8 Å². The maximum Gasteiger partial charge on any atom is 0.415 e. The minimum atomic E-state index is -1.10. The number of para-hydroxylation sites is 1. The third-order valence-corrected chi connectivity index (χ3v) is 5.09. The van der Waals surface area contributed by atoms with Gasteiger partial charge in [0, 0.05) is 37.2 Å². The number of nitrogens with one attached hydrogen (secondary N) is 1. The van der Waals surface area contributed by atoms with Gasteiger partial charge in [-0.05, 0) is 31.9 Å². The summed E-state index contributed by atoms with van der Waals surface area (Å²) in [4.78, 5) is 36.6. The van der Waals surface area contributed by atoms with Crippen molar-refractivity contribution < 1.29 is 19.1 Å². The molecule has 0 spiro atoms. The number of piperidine rings is 1. The lowest BCUT2D eigenvalue weighted by Gasteiger charge is -2.45. The number of hydrogen-bond donors (Lipinski definition) is 1. The molecular formula is C20H26N4O4. The molecular weight excluding hydrogens is 360 g/mol. The van der Waals surface area contributed by atoms with Gasteiger partial charge in [0.15, 0.2) is 5.54 Å². The Morgan fingerprint density at radius 2 is 1.96 bits per heavy atom. The zero-order chi connectivity index (χ0) is 20.0. The van der Waals surface area contributed by atoms with Crippen molar-refractivity contribution in [3.05, 3.63) is 48.5 Å². The second-order valence-corrected chi connectivity index (χ2v) is 6.75. The number of benzene rings is 1. The van der Waals surface area contributed by atoms with E-state index in [1.807, 2.05) is 18.2 Å². The van der Waals surface area contributed by atoms with Crippen molar-refractivity contribution >= 4 is 17.7 Å². The van der Waals surface area contributed by atoms with E-state index >= 15 is 0 Å². The Hall–Kier alpha value is -2.87. The molecule has 8 nitrogen and oxygen atoms in total. The first-order chi connectivity index (χ1) is 13.6. The van der Waals surface area contributed by atoms with Gasteiger partial charge in [0.25, 0.3) is 0 Å². The lowest BCUT2D eigenvalue weighted by atomic mass is 9.85. The number of H-pyrrole nitrogens is 1. The molecule has 1 aliphatic heterocycles. The van der Waals surface area contributed by atoms with Gasteiger partial charge in [-0.25, -0.2) is 14.6 Å². The molecule has 0 radical (unpaired) electrons. The van der Waals surface area contributed by atoms with Crippen LogP contribution in [0.3, 0.4) is 0 Å². The smallest absolute Gasteiger partial charge is 0.415 e. The summed E-state index contributed by atoms with van der Waals surface area (Å²) in [6.07, 6.45) is 3.79. The van der Waals surface area contributed by atoms with E-state index in [9.17, 15) is 9.59 Å². The molecule has 1 aliphatic rings. The second kappa shape index (κ2) is 8.88. The molecule has 1 fully saturated rings. The highest BCUT2D eigenvalue weighted by atomic mass is 16.6. The first-order valence-corrected chi connectivity index (χ1v) is 9.41. The molecule has 0 saturated carbocycles. The van der Waals surface area contributed by atoms with E-state index in [1.165, 1.54) is 12.0 Å². The first kappa shape index (κ1) is 19.9. The number of amides is 1. The summed E-state index contributed by atoms with van der Waals surface area (Å²) in [6, 6.07) is 9.14. The number of carbonyl (C=O) groups is 2. The molecule has 1 saturated heterocycles. The van der Waals surface area contributed by atoms with Crippen LogP contribution in [0.1, 0.15) is 25.5 Å². The van der Waals surface area contributed by atoms with E-state index in [0.717, 1.165) is 5.69 Å². The second-order valence-electron chi connectivity index (χ2n) is 6.75. The Bertz CT molecular complexity index is 771. The minimum Gasteiger partial charge on any atom is -0.467 e. The van der Waals surface area contributed by atoms with Crippen LogP contribution in [0.25, 0.3) is 0 Å². The van der Waals surface area contributed by atoms with Gasteiger partial charge in [0.2, 0.25) is 0 Å². The van der Waals surface area contributed by atoms with Crippen LogP contribution < -0.4 is 4.90 Å². The molecule has 8 heteroatoms. The van der Waals surface area contributed by atoms with Crippen LogP contribution in [0.15, 0.2) is 42.9 Å². The Labute approximate surface area is 164 Å². The van der Waals surface area contributed by atoms with E-state index in [-0.39, 0.29) is 6.61 Å². The van der Waals surface area contributed by atoms with Gasteiger partial charge in [-0.3, -0.25) is 9.80 Å². The number of nitrogens with zero attached hydrogens (tertiary/aromatic N) is 3. The monoisotopic (exact) mass is 386 g/mol. The number of aromatic nitrogens is 2. The fraction of sp³-hybridized carbons (Fsp3) is 0.450. The van der Waals surface area contributed by atoms with Gasteiger partial charge < -0.3 is 14.5 Å². The minimum absolute atomic E-state index is 0.228. The number of hydrogen-bond acceptors (Lipinski definition) is 6. The number of methoxy groups -OCH3 is 1. The van der Waals surface area contributed by atoms with Crippen molar-refractivity contribution in [2.24, 2.45) is 0 Å². The molecule has 2 heterocycles. The molecule has 0 aliphatic carbocycles. The average Bonchev–Trinajstić information content (AvgIpc) is 3.23. The predicted octanol–water partition coefficient (Wildman–Crippen LogP) is 2.58. The summed E-state index contributed by atoms with van der Waals surface area (Å²) in [7, 11) is 1.36. The van der Waals surface area contributed by atoms with Crippen LogP contribution >= 0.6 is 0 Å². The van der Waals surface area contributed by atoms with Crippen LogP contribution in [0.2, 0.25) is 0 Å². The van der Waals surface area contributed by atoms with E-state index in [4.69, 9.17) is 9.47 Å². The van der Waals surface area contributed by atoms with Crippen molar-refractivity contribution in [3.63, 3.8) is 0 Å². The number of rotatable bonds is 6. The Balaban J connectivity index is 1.89. The maximum absolute atomic E-state index is 12.9. The largest absolute Gasteiger partial charge is 0.467 e. The lowest BCUT2D eigenvalue weighted by Crippen LogP contribution is -2.62. The zero-order valence-electron chi connectivity index (χ0n) is 16.3. The summed E-state index contributed by atoms with van der Waals surface area (Å²) in [5.41, 5.74) is 0.525. The molecule has 3 rings (SSSR count). The van der Waals surface area contributed by atoms with Crippen LogP contribution in [0.5, 0.6) is 0 Å². The topological polar surface area (TPSA) is 87.8 Å². The van der Waals surface area contributed by atoms with Crippen LogP contribution in [-0.4, -0.2) is 59.3 Å². The third-order valence-electron chi connectivity index (χ3n) is 5.09. The van der Waals surface area contributed by atoms with Crippen LogP contribution in [0, 0.1) is 0 Å². The van der Waals surface area contributed by atoms with Crippen molar-refractivity contribution in [1.29, 1.82) is 0 Å². The van der Waals surface area contributed by atoms with E-state index in [2.05, 4.69) is 14.9 Å². The summed E-state index contributed by atoms with van der Waals surface area (Å²) >= 11 is 0. The first-order valence-electron chi connectivity index (χ1n) is 9.41. The quantitative estimate of drug-likeness (QED) is 0.768. The summed E-state index contributed by atoms with van der Waals surface area (Å²) in [6.45, 7) is 3.96. The van der Waals surface area contributed by atoms with Crippen molar-refractivity contribution in [2.45, 2.75) is 31.8 Å². The van der Waals surface area contributed by atoms with Gasteiger partial charge in [0.1, 0.15) is 0 Å². The molecule has 28 heavy (non-hydrogen) atoms. The van der Waals surface area contributed by atoms with E-state index in [0.29, 0.717) is 38.2 Å². The zero-order valence-corrected chi connectivity index (χ0v) is 16.3. The molecule has 1 amide bonds. The molecule has 0 unspecified atom stereocenters. The van der Waals surface area contributed by atoms with Gasteiger partial charge in [0.05, 0.1) is 20.0 Å². The molecule has 0 atom stereocenters. The maximum atomic E-state index is 12.9. The van der Waals surface area contributed by atoms with Gasteiger partial charge in [-0.15, -0.1) is 0 Å². The Kier molecular flexibility index (Phi) is 6.30. The fourth-order valence-electron chi connectivity index (χ4n) is 3.69. The fourth-order valence-corrected chi connectivity index (χ4v) is 3.69. The van der Waals surface area contributed by atoms with Crippen molar-refractivity contribution in [1.82, 2.24) is 14.9 Å². The number of esters is 1. The molecule has 1 N–H and O–H groups in total. The molecule has 150 valence electrons. The molecule has 1 aromatic heterocycles. The standard InChI is InChI=1S/C20H26N4O4/c1-3-28-19(26)24(17-7-5-4-6-8-17)20(18(25)27-2)9-11-23(12-10-20)14-16-13-21-15-22-16/h4-8,13,15H,3,9-12,14H2,1-2H3,(H,21,22). The number of anilines is 1. The van der Waals surface area contributed by atoms with Crippen molar-refractivity contribution in [2.75, 3.05) is 31.7 Å². The SMILES string of the molecule is CCOC(=O)N(c1ccccc1)C1(C(=O)OC)CCN(Cc2cnc[nH]2)CC1. The Morgan fingerprint density at radius 1 is 1.25 bits per heavy atom. The molecule has 1 aromatic carbocycles.